The van der Waals surface area contributed by atoms with E-state index in [-0.39, 0.29) is 0 Å². The number of thiazole rings is 1. The van der Waals surface area contributed by atoms with E-state index in [1.165, 1.54) is 43.1 Å². The highest BCUT2D eigenvalue weighted by atomic mass is 32.1. The maximum atomic E-state index is 4.74. The fourth-order valence-corrected chi connectivity index (χ4v) is 3.72. The molecule has 1 atom stereocenters. The van der Waals surface area contributed by atoms with Crippen LogP contribution in [0.1, 0.15) is 50.7 Å². The van der Waals surface area contributed by atoms with Crippen molar-refractivity contribution in [2.75, 3.05) is 19.6 Å². The van der Waals surface area contributed by atoms with Crippen molar-refractivity contribution in [1.29, 1.82) is 0 Å². The molecule has 0 aromatic carbocycles. The van der Waals surface area contributed by atoms with Gasteiger partial charge in [0.1, 0.15) is 5.01 Å². The first-order valence-corrected chi connectivity index (χ1v) is 8.93. The summed E-state index contributed by atoms with van der Waals surface area (Å²) in [6.07, 6.45) is 4.10. The second-order valence-electron chi connectivity index (χ2n) is 6.22. The number of hydrogen-bond donors (Lipinski definition) is 1. The number of nitrogens with one attached hydrogen (secondary N) is 1. The Morgan fingerprint density at radius 3 is 3.00 bits per heavy atom. The van der Waals surface area contributed by atoms with Crippen LogP contribution in [0.5, 0.6) is 0 Å². The molecule has 1 N–H and O–H groups in total. The fourth-order valence-electron chi connectivity index (χ4n) is 2.97. The number of hydrogen-bond acceptors (Lipinski definition) is 4. The Morgan fingerprint density at radius 2 is 2.25 bits per heavy atom. The largest absolute Gasteiger partial charge is 0.311 e. The SMILES string of the molecule is CCNCc1nc(CN2CCCC(C(C)C)CC2)cs1. The molecule has 1 aliphatic heterocycles. The van der Waals surface area contributed by atoms with Gasteiger partial charge in [0.15, 0.2) is 0 Å². The summed E-state index contributed by atoms with van der Waals surface area (Å²) < 4.78 is 0. The Kier molecular flexibility index (Phi) is 6.46. The molecule has 0 amide bonds. The molecule has 1 aliphatic rings. The summed E-state index contributed by atoms with van der Waals surface area (Å²) in [5, 5.41) is 6.80. The second kappa shape index (κ2) is 8.11. The van der Waals surface area contributed by atoms with E-state index in [4.69, 9.17) is 4.98 Å². The molecule has 0 spiro atoms. The van der Waals surface area contributed by atoms with Crippen molar-refractivity contribution < 1.29 is 0 Å². The zero-order valence-corrected chi connectivity index (χ0v) is 14.0. The van der Waals surface area contributed by atoms with Gasteiger partial charge in [0.25, 0.3) is 0 Å². The van der Waals surface area contributed by atoms with Crippen LogP contribution >= 0.6 is 11.3 Å². The Labute approximate surface area is 127 Å². The van der Waals surface area contributed by atoms with E-state index < -0.39 is 0 Å². The molecule has 0 saturated carbocycles. The minimum absolute atomic E-state index is 0.834. The first-order chi connectivity index (χ1) is 9.69. The summed E-state index contributed by atoms with van der Waals surface area (Å²) in [4.78, 5) is 7.33. The highest BCUT2D eigenvalue weighted by molar-refractivity contribution is 7.09. The van der Waals surface area contributed by atoms with Crippen molar-refractivity contribution in [3.8, 4) is 0 Å². The molecule has 2 heterocycles. The predicted octanol–water partition coefficient (Wildman–Crippen LogP) is 3.51. The first-order valence-electron chi connectivity index (χ1n) is 8.05. The van der Waals surface area contributed by atoms with Crippen molar-refractivity contribution in [3.05, 3.63) is 16.1 Å². The van der Waals surface area contributed by atoms with Gasteiger partial charge in [-0.15, -0.1) is 11.3 Å². The maximum Gasteiger partial charge on any atom is 0.107 e. The van der Waals surface area contributed by atoms with Gasteiger partial charge in [-0.1, -0.05) is 20.8 Å². The molecule has 20 heavy (non-hydrogen) atoms. The number of aromatic nitrogens is 1. The smallest absolute Gasteiger partial charge is 0.107 e. The lowest BCUT2D eigenvalue weighted by atomic mass is 9.89. The highest BCUT2D eigenvalue weighted by Crippen LogP contribution is 2.25. The van der Waals surface area contributed by atoms with Crippen LogP contribution in [-0.2, 0) is 13.1 Å². The standard InChI is InChI=1S/C16H29N3S/c1-4-17-10-16-18-15(12-20-16)11-19-8-5-6-14(7-9-19)13(2)3/h12-14,17H,4-11H2,1-3H3. The Morgan fingerprint density at radius 1 is 1.40 bits per heavy atom. The molecular weight excluding hydrogens is 266 g/mol. The number of rotatable bonds is 6. The minimum atomic E-state index is 0.834. The lowest BCUT2D eigenvalue weighted by molar-refractivity contribution is 0.262. The third-order valence-electron chi connectivity index (χ3n) is 4.32. The molecule has 1 fully saturated rings. The first kappa shape index (κ1) is 15.9. The number of likely N-dealkylation sites (tertiary alicyclic amines) is 1. The van der Waals surface area contributed by atoms with Crippen molar-refractivity contribution >= 4 is 11.3 Å². The van der Waals surface area contributed by atoms with E-state index >= 15 is 0 Å². The van der Waals surface area contributed by atoms with Crippen LogP contribution < -0.4 is 5.32 Å². The van der Waals surface area contributed by atoms with Crippen LogP contribution in [0.2, 0.25) is 0 Å². The average molecular weight is 295 g/mol. The quantitative estimate of drug-likeness (QED) is 0.870. The van der Waals surface area contributed by atoms with Gasteiger partial charge in [0, 0.05) is 18.5 Å². The molecule has 4 heteroatoms. The van der Waals surface area contributed by atoms with Crippen molar-refractivity contribution in [1.82, 2.24) is 15.2 Å². The molecule has 1 aromatic rings. The zero-order valence-electron chi connectivity index (χ0n) is 13.2. The van der Waals surface area contributed by atoms with E-state index in [0.29, 0.717) is 0 Å². The van der Waals surface area contributed by atoms with E-state index in [0.717, 1.165) is 31.5 Å². The molecule has 2 rings (SSSR count). The van der Waals surface area contributed by atoms with Crippen LogP contribution in [0.25, 0.3) is 0 Å². The van der Waals surface area contributed by atoms with Gasteiger partial charge in [-0.25, -0.2) is 4.98 Å². The topological polar surface area (TPSA) is 28.2 Å². The van der Waals surface area contributed by atoms with E-state index in [1.807, 2.05) is 0 Å². The molecule has 1 saturated heterocycles. The van der Waals surface area contributed by atoms with Crippen LogP contribution in [0.3, 0.4) is 0 Å². The molecule has 0 aliphatic carbocycles. The van der Waals surface area contributed by atoms with E-state index in [9.17, 15) is 0 Å². The lowest BCUT2D eigenvalue weighted by Crippen LogP contribution is -2.24. The molecule has 114 valence electrons. The summed E-state index contributed by atoms with van der Waals surface area (Å²) in [5.74, 6) is 1.75. The summed E-state index contributed by atoms with van der Waals surface area (Å²) in [7, 11) is 0. The van der Waals surface area contributed by atoms with E-state index in [1.54, 1.807) is 11.3 Å². The molecular formula is C16H29N3S. The lowest BCUT2D eigenvalue weighted by Gasteiger charge is -2.20. The molecule has 1 aromatic heterocycles. The summed E-state index contributed by atoms with van der Waals surface area (Å²) in [6.45, 7) is 12.3. The van der Waals surface area contributed by atoms with E-state index in [2.05, 4.69) is 36.4 Å². The average Bonchev–Trinajstić information content (AvgIpc) is 2.72. The van der Waals surface area contributed by atoms with Gasteiger partial charge < -0.3 is 5.32 Å². The molecule has 0 bridgehead atoms. The summed E-state index contributed by atoms with van der Waals surface area (Å²) >= 11 is 1.79. The van der Waals surface area contributed by atoms with Gasteiger partial charge >= 0.3 is 0 Å². The van der Waals surface area contributed by atoms with Crippen LogP contribution in [0.15, 0.2) is 5.38 Å². The van der Waals surface area contributed by atoms with Gasteiger partial charge in [0.2, 0.25) is 0 Å². The third kappa shape index (κ3) is 4.83. The van der Waals surface area contributed by atoms with Gasteiger partial charge in [-0.05, 0) is 50.7 Å². The van der Waals surface area contributed by atoms with Crippen molar-refractivity contribution in [2.45, 2.75) is 53.1 Å². The van der Waals surface area contributed by atoms with Crippen LogP contribution in [0, 0.1) is 11.8 Å². The predicted molar refractivity (Wildman–Crippen MR) is 87.0 cm³/mol. The fraction of sp³-hybridized carbons (Fsp3) is 0.812. The second-order valence-corrected chi connectivity index (χ2v) is 7.17. The molecule has 0 radical (unpaired) electrons. The summed E-state index contributed by atoms with van der Waals surface area (Å²) in [6, 6.07) is 0. The Balaban J connectivity index is 1.82. The van der Waals surface area contributed by atoms with Gasteiger partial charge in [0.05, 0.1) is 5.69 Å². The van der Waals surface area contributed by atoms with Crippen molar-refractivity contribution in [2.24, 2.45) is 11.8 Å². The van der Waals surface area contributed by atoms with Crippen LogP contribution in [0.4, 0.5) is 0 Å². The highest BCUT2D eigenvalue weighted by Gasteiger charge is 2.19. The van der Waals surface area contributed by atoms with Crippen molar-refractivity contribution in [3.63, 3.8) is 0 Å². The maximum absolute atomic E-state index is 4.74. The normalized spacial score (nSPS) is 21.3. The molecule has 1 unspecified atom stereocenters. The van der Waals surface area contributed by atoms with Gasteiger partial charge in [-0.2, -0.15) is 0 Å². The molecule has 3 nitrogen and oxygen atoms in total. The summed E-state index contributed by atoms with van der Waals surface area (Å²) in [5.41, 5.74) is 1.26. The minimum Gasteiger partial charge on any atom is -0.311 e. The Hall–Kier alpha value is -0.450. The van der Waals surface area contributed by atoms with Crippen LogP contribution in [-0.4, -0.2) is 29.5 Å². The Bertz CT molecular complexity index is 389. The third-order valence-corrected chi connectivity index (χ3v) is 5.22. The zero-order chi connectivity index (χ0) is 14.4. The monoisotopic (exact) mass is 295 g/mol. The number of nitrogens with zero attached hydrogens (tertiary/aromatic N) is 2. The van der Waals surface area contributed by atoms with Gasteiger partial charge in [-0.3, -0.25) is 4.90 Å².